The van der Waals surface area contributed by atoms with E-state index in [-0.39, 0.29) is 23.7 Å². The minimum atomic E-state index is -1.09. The standard InChI is InChI=1S/C19H18N2O3/c22-18(13-5-9-16(19(23)24)20-11-13)21(14-7-8-14)17-10-6-12-3-1-2-4-15(12)17/h1-5,9,11,14,17H,6-8,10H2,(H,23,24). The van der Waals surface area contributed by atoms with Gasteiger partial charge in [-0.05, 0) is 48.9 Å². The minimum Gasteiger partial charge on any atom is -0.477 e. The average Bonchev–Trinajstić information content (AvgIpc) is 3.35. The van der Waals surface area contributed by atoms with Crippen molar-refractivity contribution in [2.45, 2.75) is 37.8 Å². The van der Waals surface area contributed by atoms with E-state index in [0.29, 0.717) is 5.56 Å². The van der Waals surface area contributed by atoms with Gasteiger partial charge in [0.05, 0.1) is 11.6 Å². The third-order valence-electron chi connectivity index (χ3n) is 4.84. The Morgan fingerprint density at radius 1 is 1.08 bits per heavy atom. The maximum Gasteiger partial charge on any atom is 0.354 e. The molecule has 1 aromatic carbocycles. The Labute approximate surface area is 139 Å². The van der Waals surface area contributed by atoms with E-state index in [1.54, 1.807) is 6.07 Å². The van der Waals surface area contributed by atoms with Gasteiger partial charge in [0.2, 0.25) is 0 Å². The molecule has 2 aromatic rings. The van der Waals surface area contributed by atoms with Crippen molar-refractivity contribution in [1.82, 2.24) is 9.88 Å². The molecular formula is C19H18N2O3. The highest BCUT2D eigenvalue weighted by atomic mass is 16.4. The fraction of sp³-hybridized carbons (Fsp3) is 0.316. The molecule has 122 valence electrons. The molecule has 0 bridgehead atoms. The number of aromatic nitrogens is 1. The first-order valence-electron chi connectivity index (χ1n) is 8.25. The molecule has 0 saturated heterocycles. The Morgan fingerprint density at radius 2 is 1.88 bits per heavy atom. The van der Waals surface area contributed by atoms with E-state index in [2.05, 4.69) is 17.1 Å². The summed E-state index contributed by atoms with van der Waals surface area (Å²) in [4.78, 5) is 29.8. The Morgan fingerprint density at radius 3 is 2.54 bits per heavy atom. The first-order valence-corrected chi connectivity index (χ1v) is 8.25. The highest BCUT2D eigenvalue weighted by Crippen LogP contribution is 2.42. The minimum absolute atomic E-state index is 0.0456. The smallest absolute Gasteiger partial charge is 0.354 e. The van der Waals surface area contributed by atoms with Crippen LogP contribution in [-0.2, 0) is 6.42 Å². The molecule has 1 N–H and O–H groups in total. The summed E-state index contributed by atoms with van der Waals surface area (Å²) < 4.78 is 0. The van der Waals surface area contributed by atoms with Crippen LogP contribution in [0.15, 0.2) is 42.6 Å². The maximum absolute atomic E-state index is 13.0. The lowest BCUT2D eigenvalue weighted by molar-refractivity contribution is 0.0651. The van der Waals surface area contributed by atoms with Gasteiger partial charge in [-0.1, -0.05) is 24.3 Å². The van der Waals surface area contributed by atoms with E-state index < -0.39 is 5.97 Å². The predicted octanol–water partition coefficient (Wildman–Crippen LogP) is 3.07. The molecule has 24 heavy (non-hydrogen) atoms. The zero-order chi connectivity index (χ0) is 16.7. The molecule has 5 heteroatoms. The molecule has 0 spiro atoms. The summed E-state index contributed by atoms with van der Waals surface area (Å²) in [5, 5.41) is 8.95. The number of rotatable bonds is 4. The zero-order valence-corrected chi connectivity index (χ0v) is 13.2. The Kier molecular flexibility index (Phi) is 3.56. The van der Waals surface area contributed by atoms with Crippen molar-refractivity contribution in [2.75, 3.05) is 0 Å². The summed E-state index contributed by atoms with van der Waals surface area (Å²) in [5.41, 5.74) is 2.97. The third kappa shape index (κ3) is 2.56. The zero-order valence-electron chi connectivity index (χ0n) is 13.2. The van der Waals surface area contributed by atoms with Crippen LogP contribution in [0.5, 0.6) is 0 Å². The molecule has 2 aliphatic carbocycles. The number of aryl methyl sites for hydroxylation is 1. The maximum atomic E-state index is 13.0. The van der Waals surface area contributed by atoms with Gasteiger partial charge in [-0.2, -0.15) is 0 Å². The Hall–Kier alpha value is -2.69. The van der Waals surface area contributed by atoms with Crippen LogP contribution in [0.25, 0.3) is 0 Å². The molecule has 1 fully saturated rings. The largest absolute Gasteiger partial charge is 0.477 e. The molecule has 1 atom stereocenters. The summed E-state index contributed by atoms with van der Waals surface area (Å²) in [7, 11) is 0. The lowest BCUT2D eigenvalue weighted by Gasteiger charge is -2.30. The second-order valence-electron chi connectivity index (χ2n) is 6.43. The molecule has 2 aliphatic rings. The van der Waals surface area contributed by atoms with E-state index in [1.165, 1.54) is 23.4 Å². The van der Waals surface area contributed by atoms with Gasteiger partial charge in [0.1, 0.15) is 5.69 Å². The van der Waals surface area contributed by atoms with Gasteiger partial charge in [-0.3, -0.25) is 4.79 Å². The fourth-order valence-corrected chi connectivity index (χ4v) is 3.53. The summed E-state index contributed by atoms with van der Waals surface area (Å²) in [6.45, 7) is 0. The normalized spacial score (nSPS) is 18.9. The summed E-state index contributed by atoms with van der Waals surface area (Å²) in [6, 6.07) is 11.7. The van der Waals surface area contributed by atoms with E-state index in [9.17, 15) is 9.59 Å². The van der Waals surface area contributed by atoms with Crippen LogP contribution >= 0.6 is 0 Å². The van der Waals surface area contributed by atoms with Gasteiger partial charge in [-0.25, -0.2) is 9.78 Å². The van der Waals surface area contributed by atoms with E-state index in [1.807, 2.05) is 17.0 Å². The van der Waals surface area contributed by atoms with E-state index in [4.69, 9.17) is 5.11 Å². The van der Waals surface area contributed by atoms with Crippen LogP contribution in [0.1, 0.15) is 57.3 Å². The van der Waals surface area contributed by atoms with Crippen molar-refractivity contribution in [3.63, 3.8) is 0 Å². The number of hydrogen-bond donors (Lipinski definition) is 1. The molecule has 1 saturated carbocycles. The number of carbonyl (C=O) groups is 2. The highest BCUT2D eigenvalue weighted by Gasteiger charge is 2.40. The second kappa shape index (κ2) is 5.74. The topological polar surface area (TPSA) is 70.5 Å². The second-order valence-corrected chi connectivity index (χ2v) is 6.43. The van der Waals surface area contributed by atoms with Gasteiger partial charge < -0.3 is 10.0 Å². The van der Waals surface area contributed by atoms with Crippen molar-refractivity contribution in [3.8, 4) is 0 Å². The van der Waals surface area contributed by atoms with Crippen LogP contribution in [-0.4, -0.2) is 32.9 Å². The first kappa shape index (κ1) is 14.9. The van der Waals surface area contributed by atoms with Gasteiger partial charge in [-0.15, -0.1) is 0 Å². The number of hydrogen-bond acceptors (Lipinski definition) is 3. The predicted molar refractivity (Wildman–Crippen MR) is 87.9 cm³/mol. The van der Waals surface area contributed by atoms with Gasteiger partial charge >= 0.3 is 5.97 Å². The highest BCUT2D eigenvalue weighted by molar-refractivity contribution is 5.95. The fourth-order valence-electron chi connectivity index (χ4n) is 3.53. The first-order chi connectivity index (χ1) is 11.6. The third-order valence-corrected chi connectivity index (χ3v) is 4.84. The van der Waals surface area contributed by atoms with Crippen molar-refractivity contribution in [1.29, 1.82) is 0 Å². The number of amides is 1. The molecule has 4 rings (SSSR count). The van der Waals surface area contributed by atoms with Crippen LogP contribution < -0.4 is 0 Å². The number of carboxylic acid groups (broad SMARTS) is 1. The molecule has 1 heterocycles. The molecule has 1 amide bonds. The molecular weight excluding hydrogens is 304 g/mol. The lowest BCUT2D eigenvalue weighted by Crippen LogP contribution is -2.36. The van der Waals surface area contributed by atoms with Gasteiger partial charge in [0.15, 0.2) is 0 Å². The molecule has 0 aliphatic heterocycles. The van der Waals surface area contributed by atoms with E-state index >= 15 is 0 Å². The number of pyridine rings is 1. The number of carbonyl (C=O) groups excluding carboxylic acids is 1. The SMILES string of the molecule is O=C(O)c1ccc(C(=O)N(C2CC2)C2CCc3ccccc32)cn1. The summed E-state index contributed by atoms with van der Waals surface area (Å²) >= 11 is 0. The average molecular weight is 322 g/mol. The number of carboxylic acids is 1. The number of fused-ring (bicyclic) bond motifs is 1. The van der Waals surface area contributed by atoms with Crippen molar-refractivity contribution in [2.24, 2.45) is 0 Å². The van der Waals surface area contributed by atoms with Crippen molar-refractivity contribution < 1.29 is 14.7 Å². The molecule has 0 radical (unpaired) electrons. The Balaban J connectivity index is 1.64. The monoisotopic (exact) mass is 322 g/mol. The lowest BCUT2D eigenvalue weighted by atomic mass is 10.1. The van der Waals surface area contributed by atoms with Crippen LogP contribution in [0.4, 0.5) is 0 Å². The number of aromatic carboxylic acids is 1. The number of nitrogens with zero attached hydrogens (tertiary/aromatic N) is 2. The number of benzene rings is 1. The van der Waals surface area contributed by atoms with Crippen molar-refractivity contribution in [3.05, 3.63) is 65.0 Å². The van der Waals surface area contributed by atoms with Gasteiger partial charge in [0.25, 0.3) is 5.91 Å². The quantitative estimate of drug-likeness (QED) is 0.939. The molecule has 1 unspecified atom stereocenters. The molecule has 1 aromatic heterocycles. The Bertz CT molecular complexity index is 797. The van der Waals surface area contributed by atoms with Gasteiger partial charge in [0, 0.05) is 12.2 Å². The van der Waals surface area contributed by atoms with Crippen LogP contribution in [0.3, 0.4) is 0 Å². The van der Waals surface area contributed by atoms with Crippen LogP contribution in [0.2, 0.25) is 0 Å². The summed E-state index contributed by atoms with van der Waals surface area (Å²) in [5.74, 6) is -1.14. The summed E-state index contributed by atoms with van der Waals surface area (Å²) in [6.07, 6.45) is 5.38. The van der Waals surface area contributed by atoms with E-state index in [0.717, 1.165) is 25.7 Å². The van der Waals surface area contributed by atoms with Crippen molar-refractivity contribution >= 4 is 11.9 Å². The van der Waals surface area contributed by atoms with Crippen LogP contribution in [0, 0.1) is 0 Å². The molecule has 5 nitrogen and oxygen atoms in total.